The summed E-state index contributed by atoms with van der Waals surface area (Å²) in [5, 5.41) is 7.33. The Morgan fingerprint density at radius 1 is 1.43 bits per heavy atom. The van der Waals surface area contributed by atoms with Crippen molar-refractivity contribution in [3.8, 4) is 0 Å². The number of nitrogens with two attached hydrogens (primary N) is 1. The first-order chi connectivity index (χ1) is 9.94. The molecule has 1 atom stereocenters. The minimum Gasteiger partial charge on any atom is -0.397 e. The molecule has 1 aromatic heterocycles. The maximum Gasteiger partial charge on any atom is 0.228 e. The van der Waals surface area contributed by atoms with Gasteiger partial charge in [-0.3, -0.25) is 4.79 Å². The van der Waals surface area contributed by atoms with Crippen LogP contribution in [0, 0.1) is 13.8 Å². The summed E-state index contributed by atoms with van der Waals surface area (Å²) in [6.45, 7) is 6.11. The van der Waals surface area contributed by atoms with Gasteiger partial charge >= 0.3 is 0 Å². The lowest BCUT2D eigenvalue weighted by molar-refractivity contribution is -0.115. The molecule has 2 aromatic rings. The molecule has 4 N–H and O–H groups in total. The van der Waals surface area contributed by atoms with Crippen molar-refractivity contribution in [1.29, 1.82) is 0 Å². The molecule has 3 rings (SSSR count). The number of benzene rings is 1. The number of aryl methyl sites for hydroxylation is 2. The monoisotopic (exact) mass is 302 g/mol. The standard InChI is InChI=1S/C15H18N4OS/c1-7-15(21-9(3)17-7)8(2)18-13-6-12-10(4-11(13)16)5-14(20)19-12/h4,6,8,18H,5,16H2,1-3H3,(H,19,20). The van der Waals surface area contributed by atoms with E-state index in [1.165, 1.54) is 4.88 Å². The lowest BCUT2D eigenvalue weighted by atomic mass is 10.1. The van der Waals surface area contributed by atoms with Crippen molar-refractivity contribution in [1.82, 2.24) is 4.98 Å². The van der Waals surface area contributed by atoms with E-state index in [1.807, 2.05) is 26.0 Å². The molecular weight excluding hydrogens is 284 g/mol. The van der Waals surface area contributed by atoms with Crippen LogP contribution in [0.15, 0.2) is 12.1 Å². The SMILES string of the molecule is Cc1nc(C)c(C(C)Nc2cc3c(cc2N)CC(=O)N3)s1. The molecule has 0 saturated carbocycles. The first kappa shape index (κ1) is 13.9. The normalized spacial score (nSPS) is 14.7. The van der Waals surface area contributed by atoms with Gasteiger partial charge in [-0.05, 0) is 38.5 Å². The number of anilines is 3. The van der Waals surface area contributed by atoms with Gasteiger partial charge in [0.15, 0.2) is 0 Å². The predicted molar refractivity (Wildman–Crippen MR) is 86.8 cm³/mol. The number of nitrogen functional groups attached to an aromatic ring is 1. The van der Waals surface area contributed by atoms with Gasteiger partial charge in [-0.25, -0.2) is 4.98 Å². The van der Waals surface area contributed by atoms with Crippen LogP contribution in [-0.2, 0) is 11.2 Å². The number of hydrogen-bond donors (Lipinski definition) is 3. The zero-order valence-corrected chi connectivity index (χ0v) is 13.1. The van der Waals surface area contributed by atoms with Crippen LogP contribution in [0.5, 0.6) is 0 Å². The van der Waals surface area contributed by atoms with Gasteiger partial charge in [0.1, 0.15) is 0 Å². The summed E-state index contributed by atoms with van der Waals surface area (Å²) in [6.07, 6.45) is 0.405. The maximum atomic E-state index is 11.4. The van der Waals surface area contributed by atoms with E-state index in [9.17, 15) is 4.79 Å². The zero-order valence-electron chi connectivity index (χ0n) is 12.3. The number of carbonyl (C=O) groups is 1. The van der Waals surface area contributed by atoms with Crippen molar-refractivity contribution < 1.29 is 4.79 Å². The van der Waals surface area contributed by atoms with Crippen LogP contribution in [0.25, 0.3) is 0 Å². The van der Waals surface area contributed by atoms with Gasteiger partial charge in [0.25, 0.3) is 0 Å². The van der Waals surface area contributed by atoms with Gasteiger partial charge in [-0.2, -0.15) is 0 Å². The van der Waals surface area contributed by atoms with E-state index in [-0.39, 0.29) is 11.9 Å². The molecule has 0 saturated heterocycles. The third-order valence-electron chi connectivity index (χ3n) is 3.61. The number of amides is 1. The molecular formula is C15H18N4OS. The molecule has 1 unspecified atom stereocenters. The molecule has 6 heteroatoms. The summed E-state index contributed by atoms with van der Waals surface area (Å²) >= 11 is 1.69. The van der Waals surface area contributed by atoms with Crippen molar-refractivity contribution in [3.63, 3.8) is 0 Å². The van der Waals surface area contributed by atoms with Crippen LogP contribution in [0.3, 0.4) is 0 Å². The highest BCUT2D eigenvalue weighted by Gasteiger charge is 2.20. The highest BCUT2D eigenvalue weighted by molar-refractivity contribution is 7.11. The van der Waals surface area contributed by atoms with Crippen molar-refractivity contribution >= 4 is 34.3 Å². The van der Waals surface area contributed by atoms with Gasteiger partial charge in [0, 0.05) is 10.6 Å². The third-order valence-corrected chi connectivity index (χ3v) is 4.86. The Morgan fingerprint density at radius 3 is 2.86 bits per heavy atom. The van der Waals surface area contributed by atoms with E-state index in [0.717, 1.165) is 27.6 Å². The Bertz CT molecular complexity index is 723. The Hall–Kier alpha value is -2.08. The molecule has 1 aliphatic rings. The highest BCUT2D eigenvalue weighted by Crippen LogP contribution is 2.34. The fraction of sp³-hybridized carbons (Fsp3) is 0.333. The molecule has 5 nitrogen and oxygen atoms in total. The number of thiazole rings is 1. The summed E-state index contributed by atoms with van der Waals surface area (Å²) in [6, 6.07) is 3.90. The van der Waals surface area contributed by atoms with Crippen LogP contribution in [0.2, 0.25) is 0 Å². The van der Waals surface area contributed by atoms with E-state index >= 15 is 0 Å². The summed E-state index contributed by atoms with van der Waals surface area (Å²) < 4.78 is 0. The molecule has 1 aromatic carbocycles. The predicted octanol–water partition coefficient (Wildman–Crippen LogP) is 3.01. The molecule has 110 valence electrons. The number of hydrogen-bond acceptors (Lipinski definition) is 5. The molecule has 2 heterocycles. The quantitative estimate of drug-likeness (QED) is 0.761. The number of nitrogens with one attached hydrogen (secondary N) is 2. The molecule has 0 radical (unpaired) electrons. The molecule has 0 bridgehead atoms. The van der Waals surface area contributed by atoms with Crippen molar-refractivity contribution in [3.05, 3.63) is 33.3 Å². The average Bonchev–Trinajstić information content (AvgIpc) is 2.91. The Kier molecular flexibility index (Phi) is 3.33. The summed E-state index contributed by atoms with van der Waals surface area (Å²) in [5.74, 6) is 0.0172. The molecule has 0 aliphatic carbocycles. The smallest absolute Gasteiger partial charge is 0.228 e. The summed E-state index contributed by atoms with van der Waals surface area (Å²) in [4.78, 5) is 17.1. The first-order valence-electron chi connectivity index (χ1n) is 6.86. The number of aromatic nitrogens is 1. The second kappa shape index (κ2) is 5.04. The van der Waals surface area contributed by atoms with Crippen LogP contribution >= 0.6 is 11.3 Å². The van der Waals surface area contributed by atoms with E-state index in [4.69, 9.17) is 5.73 Å². The molecule has 0 fully saturated rings. The maximum absolute atomic E-state index is 11.4. The lowest BCUT2D eigenvalue weighted by Crippen LogP contribution is -2.08. The third kappa shape index (κ3) is 2.58. The second-order valence-electron chi connectivity index (χ2n) is 5.37. The number of carbonyl (C=O) groups excluding carboxylic acids is 1. The van der Waals surface area contributed by atoms with Crippen LogP contribution in [-0.4, -0.2) is 10.9 Å². The van der Waals surface area contributed by atoms with Crippen LogP contribution in [0.4, 0.5) is 17.1 Å². The second-order valence-corrected chi connectivity index (χ2v) is 6.60. The van der Waals surface area contributed by atoms with Crippen molar-refractivity contribution in [2.24, 2.45) is 0 Å². The summed E-state index contributed by atoms with van der Waals surface area (Å²) in [5.41, 5.74) is 10.5. The molecule has 1 amide bonds. The van der Waals surface area contributed by atoms with Gasteiger partial charge in [0.2, 0.25) is 5.91 Å². The first-order valence-corrected chi connectivity index (χ1v) is 7.68. The van der Waals surface area contributed by atoms with E-state index in [0.29, 0.717) is 12.1 Å². The fourth-order valence-electron chi connectivity index (χ4n) is 2.67. The fourth-order valence-corrected chi connectivity index (χ4v) is 3.60. The van der Waals surface area contributed by atoms with Gasteiger partial charge < -0.3 is 16.4 Å². The van der Waals surface area contributed by atoms with Gasteiger partial charge in [-0.15, -0.1) is 11.3 Å². The Morgan fingerprint density at radius 2 is 2.19 bits per heavy atom. The van der Waals surface area contributed by atoms with Crippen molar-refractivity contribution in [2.45, 2.75) is 33.2 Å². The molecule has 21 heavy (non-hydrogen) atoms. The average molecular weight is 302 g/mol. The van der Waals surface area contributed by atoms with Gasteiger partial charge in [-0.1, -0.05) is 0 Å². The van der Waals surface area contributed by atoms with Crippen LogP contribution < -0.4 is 16.4 Å². The zero-order chi connectivity index (χ0) is 15.1. The summed E-state index contributed by atoms with van der Waals surface area (Å²) in [7, 11) is 0. The van der Waals surface area contributed by atoms with Crippen molar-refractivity contribution in [2.75, 3.05) is 16.4 Å². The van der Waals surface area contributed by atoms with E-state index in [1.54, 1.807) is 11.3 Å². The number of nitrogens with zero attached hydrogens (tertiary/aromatic N) is 1. The highest BCUT2D eigenvalue weighted by atomic mass is 32.1. The molecule has 1 aliphatic heterocycles. The van der Waals surface area contributed by atoms with E-state index < -0.39 is 0 Å². The lowest BCUT2D eigenvalue weighted by Gasteiger charge is -2.17. The Labute approximate surface area is 127 Å². The largest absolute Gasteiger partial charge is 0.397 e. The number of fused-ring (bicyclic) bond motifs is 1. The Balaban J connectivity index is 1.87. The topological polar surface area (TPSA) is 80.0 Å². The minimum atomic E-state index is 0.0172. The molecule has 0 spiro atoms. The minimum absolute atomic E-state index is 0.0172. The van der Waals surface area contributed by atoms with E-state index in [2.05, 4.69) is 22.5 Å². The number of rotatable bonds is 3. The van der Waals surface area contributed by atoms with Gasteiger partial charge in [0.05, 0.1) is 34.5 Å². The van der Waals surface area contributed by atoms with Crippen LogP contribution in [0.1, 0.15) is 34.1 Å².